The van der Waals surface area contributed by atoms with Crippen LogP contribution in [0, 0.1) is 12.7 Å². The molecule has 0 aliphatic rings. The van der Waals surface area contributed by atoms with E-state index in [0.717, 1.165) is 28.6 Å². The minimum Gasteiger partial charge on any atom is -0.488 e. The number of rotatable bonds is 7. The third-order valence-corrected chi connectivity index (χ3v) is 5.54. The molecule has 0 spiro atoms. The highest BCUT2D eigenvalue weighted by Crippen LogP contribution is 2.30. The monoisotopic (exact) mass is 419 g/mol. The van der Waals surface area contributed by atoms with E-state index in [1.165, 1.54) is 17.2 Å². The first-order valence-corrected chi connectivity index (χ1v) is 10.3. The first kappa shape index (κ1) is 20.4. The Kier molecular flexibility index (Phi) is 6.32. The molecular weight excluding hydrogens is 397 g/mol. The van der Waals surface area contributed by atoms with Crippen LogP contribution in [0.5, 0.6) is 5.75 Å². The smallest absolute Gasteiger partial charge is 0.131 e. The van der Waals surface area contributed by atoms with Crippen LogP contribution in [0.1, 0.15) is 22.3 Å². The van der Waals surface area contributed by atoms with E-state index in [4.69, 9.17) is 16.3 Å². The molecule has 0 fully saturated rings. The van der Waals surface area contributed by atoms with Crippen molar-refractivity contribution in [2.24, 2.45) is 0 Å². The Morgan fingerprint density at radius 3 is 2.43 bits per heavy atom. The van der Waals surface area contributed by atoms with Crippen molar-refractivity contribution >= 4 is 22.4 Å². The number of aryl methyl sites for hydroxylation is 1. The second-order valence-electron chi connectivity index (χ2n) is 7.34. The normalized spacial score (nSPS) is 11.0. The lowest BCUT2D eigenvalue weighted by Crippen LogP contribution is -2.14. The summed E-state index contributed by atoms with van der Waals surface area (Å²) in [6, 6.07) is 25.3. The Hall–Kier alpha value is -2.88. The fourth-order valence-corrected chi connectivity index (χ4v) is 3.71. The topological polar surface area (TPSA) is 21.3 Å². The summed E-state index contributed by atoms with van der Waals surface area (Å²) < 4.78 is 20.2. The minimum atomic E-state index is -0.359. The quantitative estimate of drug-likeness (QED) is 0.355. The van der Waals surface area contributed by atoms with E-state index in [2.05, 4.69) is 48.6 Å². The SMILES string of the molecule is Cc1ccc(CNCc2c(OCc3c(F)cccc3Cl)ccc3ccccc23)cc1. The van der Waals surface area contributed by atoms with Gasteiger partial charge in [0.1, 0.15) is 18.2 Å². The Balaban J connectivity index is 1.57. The van der Waals surface area contributed by atoms with E-state index >= 15 is 0 Å². The van der Waals surface area contributed by atoms with Crippen molar-refractivity contribution in [3.05, 3.63) is 112 Å². The molecule has 0 aliphatic carbocycles. The molecule has 4 heteroatoms. The van der Waals surface area contributed by atoms with Crippen molar-refractivity contribution < 1.29 is 9.13 Å². The summed E-state index contributed by atoms with van der Waals surface area (Å²) in [7, 11) is 0. The molecule has 0 radical (unpaired) electrons. The van der Waals surface area contributed by atoms with Crippen LogP contribution in [0.2, 0.25) is 5.02 Å². The van der Waals surface area contributed by atoms with Crippen molar-refractivity contribution in [3.63, 3.8) is 0 Å². The lowest BCUT2D eigenvalue weighted by atomic mass is 10.0. The summed E-state index contributed by atoms with van der Waals surface area (Å²) in [5.41, 5.74) is 3.88. The largest absolute Gasteiger partial charge is 0.488 e. The highest BCUT2D eigenvalue weighted by Gasteiger charge is 2.12. The number of hydrogen-bond donors (Lipinski definition) is 1. The van der Waals surface area contributed by atoms with Gasteiger partial charge in [-0.05, 0) is 41.5 Å². The zero-order valence-electron chi connectivity index (χ0n) is 16.8. The average Bonchev–Trinajstić information content (AvgIpc) is 2.75. The minimum absolute atomic E-state index is 0.0782. The molecule has 4 aromatic rings. The van der Waals surface area contributed by atoms with Crippen molar-refractivity contribution in [1.82, 2.24) is 5.32 Å². The molecule has 30 heavy (non-hydrogen) atoms. The van der Waals surface area contributed by atoms with Crippen LogP contribution in [0.4, 0.5) is 4.39 Å². The van der Waals surface area contributed by atoms with Crippen LogP contribution < -0.4 is 10.1 Å². The third kappa shape index (κ3) is 4.64. The summed E-state index contributed by atoms with van der Waals surface area (Å²) >= 11 is 6.16. The van der Waals surface area contributed by atoms with Gasteiger partial charge in [0.25, 0.3) is 0 Å². The van der Waals surface area contributed by atoms with Crippen molar-refractivity contribution in [2.75, 3.05) is 0 Å². The van der Waals surface area contributed by atoms with E-state index in [-0.39, 0.29) is 12.4 Å². The van der Waals surface area contributed by atoms with Gasteiger partial charge in [0.2, 0.25) is 0 Å². The van der Waals surface area contributed by atoms with Crippen LogP contribution in [0.15, 0.2) is 78.9 Å². The van der Waals surface area contributed by atoms with Gasteiger partial charge in [0, 0.05) is 24.2 Å². The Labute approximate surface area is 181 Å². The molecule has 0 heterocycles. The van der Waals surface area contributed by atoms with Gasteiger partial charge in [-0.2, -0.15) is 0 Å². The number of hydrogen-bond acceptors (Lipinski definition) is 2. The van der Waals surface area contributed by atoms with E-state index in [0.29, 0.717) is 17.1 Å². The molecule has 0 atom stereocenters. The van der Waals surface area contributed by atoms with Crippen molar-refractivity contribution in [2.45, 2.75) is 26.6 Å². The van der Waals surface area contributed by atoms with Crippen LogP contribution >= 0.6 is 11.6 Å². The van der Waals surface area contributed by atoms with Gasteiger partial charge < -0.3 is 10.1 Å². The van der Waals surface area contributed by atoms with Gasteiger partial charge in [-0.1, -0.05) is 77.8 Å². The lowest BCUT2D eigenvalue weighted by Gasteiger charge is -2.16. The zero-order chi connectivity index (χ0) is 20.9. The fourth-order valence-electron chi connectivity index (χ4n) is 3.49. The maximum absolute atomic E-state index is 14.1. The van der Waals surface area contributed by atoms with E-state index in [1.54, 1.807) is 12.1 Å². The van der Waals surface area contributed by atoms with Gasteiger partial charge in [-0.25, -0.2) is 4.39 Å². The first-order chi connectivity index (χ1) is 14.6. The maximum atomic E-state index is 14.1. The van der Waals surface area contributed by atoms with Gasteiger partial charge in [-0.3, -0.25) is 0 Å². The summed E-state index contributed by atoms with van der Waals surface area (Å²) in [6.07, 6.45) is 0. The highest BCUT2D eigenvalue weighted by molar-refractivity contribution is 6.31. The number of halogens is 2. The number of ether oxygens (including phenoxy) is 1. The highest BCUT2D eigenvalue weighted by atomic mass is 35.5. The second kappa shape index (κ2) is 9.29. The Morgan fingerprint density at radius 1 is 0.833 bits per heavy atom. The van der Waals surface area contributed by atoms with Crippen LogP contribution in [0.3, 0.4) is 0 Å². The van der Waals surface area contributed by atoms with Crippen LogP contribution in [0.25, 0.3) is 10.8 Å². The van der Waals surface area contributed by atoms with E-state index in [1.807, 2.05) is 24.3 Å². The van der Waals surface area contributed by atoms with E-state index in [9.17, 15) is 4.39 Å². The number of nitrogens with one attached hydrogen (secondary N) is 1. The number of benzene rings is 4. The van der Waals surface area contributed by atoms with Crippen LogP contribution in [-0.2, 0) is 19.7 Å². The molecule has 0 unspecified atom stereocenters. The molecule has 1 N–H and O–H groups in total. The maximum Gasteiger partial charge on any atom is 0.131 e. The molecule has 4 aromatic carbocycles. The second-order valence-corrected chi connectivity index (χ2v) is 7.75. The standard InChI is InChI=1S/C26H23ClFNO/c1-18-9-11-19(12-10-18)15-29-16-22-21-6-3-2-5-20(21)13-14-26(22)30-17-23-24(27)7-4-8-25(23)28/h2-14,29H,15-17H2,1H3. The van der Waals surface area contributed by atoms with E-state index < -0.39 is 0 Å². The summed E-state index contributed by atoms with van der Waals surface area (Å²) in [4.78, 5) is 0. The molecule has 0 aromatic heterocycles. The molecule has 0 saturated heterocycles. The number of fused-ring (bicyclic) bond motifs is 1. The predicted octanol–water partition coefficient (Wildman–Crippen LogP) is 6.81. The van der Waals surface area contributed by atoms with Gasteiger partial charge in [0.05, 0.1) is 5.02 Å². The predicted molar refractivity (Wildman–Crippen MR) is 121 cm³/mol. The van der Waals surface area contributed by atoms with Crippen molar-refractivity contribution in [1.29, 1.82) is 0 Å². The Morgan fingerprint density at radius 2 is 1.63 bits per heavy atom. The molecule has 0 bridgehead atoms. The average molecular weight is 420 g/mol. The van der Waals surface area contributed by atoms with Gasteiger partial charge in [0.15, 0.2) is 0 Å². The first-order valence-electron chi connectivity index (χ1n) is 9.94. The van der Waals surface area contributed by atoms with Crippen LogP contribution in [-0.4, -0.2) is 0 Å². The molecule has 2 nitrogen and oxygen atoms in total. The summed E-state index contributed by atoms with van der Waals surface area (Å²) in [6.45, 7) is 3.55. The molecule has 0 amide bonds. The Bertz CT molecular complexity index is 1140. The summed E-state index contributed by atoms with van der Waals surface area (Å²) in [5, 5.41) is 6.14. The molecular formula is C26H23ClFNO. The van der Waals surface area contributed by atoms with Crippen molar-refractivity contribution in [3.8, 4) is 5.75 Å². The molecule has 0 saturated carbocycles. The third-order valence-electron chi connectivity index (χ3n) is 5.18. The molecule has 4 rings (SSSR count). The lowest BCUT2D eigenvalue weighted by molar-refractivity contribution is 0.296. The fraction of sp³-hybridized carbons (Fsp3) is 0.154. The molecule has 0 aliphatic heterocycles. The zero-order valence-corrected chi connectivity index (χ0v) is 17.5. The summed E-state index contributed by atoms with van der Waals surface area (Å²) in [5.74, 6) is 0.367. The van der Waals surface area contributed by atoms with Gasteiger partial charge in [-0.15, -0.1) is 0 Å². The van der Waals surface area contributed by atoms with Gasteiger partial charge >= 0.3 is 0 Å². The molecule has 152 valence electrons.